The number of halogens is 1. The van der Waals surface area contributed by atoms with E-state index in [4.69, 9.17) is 4.42 Å². The summed E-state index contributed by atoms with van der Waals surface area (Å²) in [6, 6.07) is 7.87. The average molecular weight is 261 g/mol. The van der Waals surface area contributed by atoms with E-state index in [0.717, 1.165) is 17.5 Å². The molecule has 0 aliphatic carbocycles. The fraction of sp³-hybridized carbons (Fsp3) is 0.267. The van der Waals surface area contributed by atoms with E-state index >= 15 is 0 Å². The Morgan fingerprint density at radius 2 is 2.00 bits per heavy atom. The maximum atomic E-state index is 12.7. The first-order valence-corrected chi connectivity index (χ1v) is 6.18. The van der Waals surface area contributed by atoms with Crippen molar-refractivity contribution in [2.45, 2.75) is 25.8 Å². The maximum Gasteiger partial charge on any atom is 0.224 e. The standard InChI is InChI=1S/C15H16FNO2/c1-11(8-13-6-7-19-10-13)17-15(18)9-12-2-4-14(16)5-3-12/h2-7,10-11H,8-9H2,1H3,(H,17,18). The summed E-state index contributed by atoms with van der Waals surface area (Å²) in [5, 5.41) is 2.91. The Kier molecular flexibility index (Phi) is 4.34. The summed E-state index contributed by atoms with van der Waals surface area (Å²) in [4.78, 5) is 11.8. The Morgan fingerprint density at radius 1 is 1.26 bits per heavy atom. The number of amides is 1. The van der Waals surface area contributed by atoms with Gasteiger partial charge in [-0.2, -0.15) is 0 Å². The van der Waals surface area contributed by atoms with Crippen LogP contribution in [0.2, 0.25) is 0 Å². The van der Waals surface area contributed by atoms with Crippen LogP contribution >= 0.6 is 0 Å². The molecule has 0 saturated heterocycles. The van der Waals surface area contributed by atoms with Gasteiger partial charge in [-0.05, 0) is 42.7 Å². The molecule has 0 saturated carbocycles. The van der Waals surface area contributed by atoms with Gasteiger partial charge in [0.05, 0.1) is 18.9 Å². The fourth-order valence-corrected chi connectivity index (χ4v) is 1.93. The summed E-state index contributed by atoms with van der Waals surface area (Å²) in [6.07, 6.45) is 4.27. The highest BCUT2D eigenvalue weighted by Crippen LogP contribution is 2.06. The van der Waals surface area contributed by atoms with Gasteiger partial charge in [-0.3, -0.25) is 4.79 Å². The number of rotatable bonds is 5. The largest absolute Gasteiger partial charge is 0.472 e. The lowest BCUT2D eigenvalue weighted by Crippen LogP contribution is -2.35. The van der Waals surface area contributed by atoms with E-state index in [1.54, 1.807) is 24.7 Å². The van der Waals surface area contributed by atoms with Crippen molar-refractivity contribution in [1.82, 2.24) is 5.32 Å². The average Bonchev–Trinajstić information content (AvgIpc) is 2.84. The van der Waals surface area contributed by atoms with Crippen LogP contribution in [-0.2, 0) is 17.6 Å². The van der Waals surface area contributed by atoms with Gasteiger partial charge in [0, 0.05) is 6.04 Å². The van der Waals surface area contributed by atoms with E-state index in [9.17, 15) is 9.18 Å². The van der Waals surface area contributed by atoms with Crippen LogP contribution in [0.4, 0.5) is 4.39 Å². The van der Waals surface area contributed by atoms with Crippen LogP contribution in [0, 0.1) is 5.82 Å². The maximum absolute atomic E-state index is 12.7. The molecule has 0 aliphatic rings. The third-order valence-corrected chi connectivity index (χ3v) is 2.81. The highest BCUT2D eigenvalue weighted by Gasteiger charge is 2.09. The molecule has 1 amide bonds. The molecule has 2 aromatic rings. The first-order valence-electron chi connectivity index (χ1n) is 6.18. The summed E-state index contributed by atoms with van der Waals surface area (Å²) in [5.41, 5.74) is 1.85. The number of furan rings is 1. The topological polar surface area (TPSA) is 42.2 Å². The van der Waals surface area contributed by atoms with Crippen LogP contribution in [0.25, 0.3) is 0 Å². The molecular formula is C15H16FNO2. The number of nitrogens with one attached hydrogen (secondary N) is 1. The number of carbonyl (C=O) groups excluding carboxylic acids is 1. The van der Waals surface area contributed by atoms with Gasteiger partial charge in [-0.25, -0.2) is 4.39 Å². The summed E-state index contributed by atoms with van der Waals surface area (Å²) >= 11 is 0. The van der Waals surface area contributed by atoms with Gasteiger partial charge in [0.1, 0.15) is 5.82 Å². The minimum Gasteiger partial charge on any atom is -0.472 e. The summed E-state index contributed by atoms with van der Waals surface area (Å²) in [6.45, 7) is 1.94. The van der Waals surface area contributed by atoms with Crippen molar-refractivity contribution < 1.29 is 13.6 Å². The van der Waals surface area contributed by atoms with Crippen LogP contribution < -0.4 is 5.32 Å². The van der Waals surface area contributed by atoms with Gasteiger partial charge in [0.15, 0.2) is 0 Å². The van der Waals surface area contributed by atoms with E-state index < -0.39 is 0 Å². The molecule has 4 heteroatoms. The summed E-state index contributed by atoms with van der Waals surface area (Å²) in [7, 11) is 0. The lowest BCUT2D eigenvalue weighted by molar-refractivity contribution is -0.121. The van der Waals surface area contributed by atoms with E-state index in [2.05, 4.69) is 5.32 Å². The van der Waals surface area contributed by atoms with Crippen LogP contribution in [0.3, 0.4) is 0 Å². The SMILES string of the molecule is CC(Cc1ccoc1)NC(=O)Cc1ccc(F)cc1. The van der Waals surface area contributed by atoms with Crippen LogP contribution in [0.5, 0.6) is 0 Å². The predicted molar refractivity (Wildman–Crippen MR) is 70.1 cm³/mol. The van der Waals surface area contributed by atoms with Crippen molar-refractivity contribution in [1.29, 1.82) is 0 Å². The number of hydrogen-bond acceptors (Lipinski definition) is 2. The third-order valence-electron chi connectivity index (χ3n) is 2.81. The van der Waals surface area contributed by atoms with E-state index in [1.807, 2.05) is 13.0 Å². The molecule has 100 valence electrons. The first kappa shape index (κ1) is 13.3. The molecule has 3 nitrogen and oxygen atoms in total. The smallest absolute Gasteiger partial charge is 0.224 e. The predicted octanol–water partition coefficient (Wildman–Crippen LogP) is 2.71. The van der Waals surface area contributed by atoms with E-state index in [-0.39, 0.29) is 24.2 Å². The molecule has 1 aromatic carbocycles. The van der Waals surface area contributed by atoms with Crippen LogP contribution in [0.1, 0.15) is 18.1 Å². The lowest BCUT2D eigenvalue weighted by Gasteiger charge is -2.12. The molecule has 19 heavy (non-hydrogen) atoms. The Labute approximate surface area is 111 Å². The highest BCUT2D eigenvalue weighted by atomic mass is 19.1. The quantitative estimate of drug-likeness (QED) is 0.899. The van der Waals surface area contributed by atoms with Gasteiger partial charge in [-0.1, -0.05) is 12.1 Å². The lowest BCUT2D eigenvalue weighted by atomic mass is 10.1. The number of hydrogen-bond donors (Lipinski definition) is 1. The van der Waals surface area contributed by atoms with E-state index in [0.29, 0.717) is 0 Å². The third kappa shape index (κ3) is 4.25. The molecular weight excluding hydrogens is 245 g/mol. The van der Waals surface area contributed by atoms with Crippen molar-refractivity contribution in [3.8, 4) is 0 Å². The molecule has 1 N–H and O–H groups in total. The van der Waals surface area contributed by atoms with Gasteiger partial charge < -0.3 is 9.73 Å². The molecule has 0 spiro atoms. The van der Waals surface area contributed by atoms with Crippen molar-refractivity contribution in [3.63, 3.8) is 0 Å². The second-order valence-corrected chi connectivity index (χ2v) is 4.61. The molecule has 0 aliphatic heterocycles. The molecule has 0 fully saturated rings. The Hall–Kier alpha value is -2.10. The Bertz CT molecular complexity index is 520. The highest BCUT2D eigenvalue weighted by molar-refractivity contribution is 5.78. The summed E-state index contributed by atoms with van der Waals surface area (Å²) in [5.74, 6) is -0.361. The van der Waals surface area contributed by atoms with Crippen molar-refractivity contribution in [2.75, 3.05) is 0 Å². The Balaban J connectivity index is 1.82. The normalized spacial score (nSPS) is 12.1. The zero-order valence-electron chi connectivity index (χ0n) is 10.7. The van der Waals surface area contributed by atoms with Gasteiger partial charge >= 0.3 is 0 Å². The van der Waals surface area contributed by atoms with Crippen molar-refractivity contribution in [3.05, 3.63) is 59.8 Å². The zero-order valence-corrected chi connectivity index (χ0v) is 10.7. The van der Waals surface area contributed by atoms with Gasteiger partial charge in [0.25, 0.3) is 0 Å². The second kappa shape index (κ2) is 6.18. The molecule has 2 rings (SSSR count). The molecule has 0 radical (unpaired) electrons. The number of benzene rings is 1. The van der Waals surface area contributed by atoms with E-state index in [1.165, 1.54) is 12.1 Å². The number of carbonyl (C=O) groups is 1. The van der Waals surface area contributed by atoms with Gasteiger partial charge in [-0.15, -0.1) is 0 Å². The molecule has 0 bridgehead atoms. The Morgan fingerprint density at radius 3 is 2.63 bits per heavy atom. The van der Waals surface area contributed by atoms with Crippen LogP contribution in [0.15, 0.2) is 47.3 Å². The summed E-state index contributed by atoms with van der Waals surface area (Å²) < 4.78 is 17.7. The molecule has 1 heterocycles. The monoisotopic (exact) mass is 261 g/mol. The minimum atomic E-state index is -0.294. The molecule has 1 unspecified atom stereocenters. The fourth-order valence-electron chi connectivity index (χ4n) is 1.93. The second-order valence-electron chi connectivity index (χ2n) is 4.61. The molecule has 1 atom stereocenters. The minimum absolute atomic E-state index is 0.0329. The van der Waals surface area contributed by atoms with Crippen molar-refractivity contribution in [2.24, 2.45) is 0 Å². The van der Waals surface area contributed by atoms with Crippen molar-refractivity contribution >= 4 is 5.91 Å². The molecule has 1 aromatic heterocycles. The zero-order chi connectivity index (χ0) is 13.7. The van der Waals surface area contributed by atoms with Gasteiger partial charge in [0.2, 0.25) is 5.91 Å². The first-order chi connectivity index (χ1) is 9.13. The van der Waals surface area contributed by atoms with Crippen LogP contribution in [-0.4, -0.2) is 11.9 Å².